The van der Waals surface area contributed by atoms with Crippen molar-refractivity contribution in [2.24, 2.45) is 0 Å². The number of carbonyl (C=O) groups is 1. The molecular weight excluding hydrogens is 172 g/mol. The highest BCUT2D eigenvalue weighted by Gasteiger charge is 1.97. The Balaban J connectivity index is 2.25. The summed E-state index contributed by atoms with van der Waals surface area (Å²) in [7, 11) is 0. The van der Waals surface area contributed by atoms with E-state index >= 15 is 0 Å². The van der Waals surface area contributed by atoms with E-state index in [9.17, 15) is 4.79 Å². The van der Waals surface area contributed by atoms with Crippen molar-refractivity contribution >= 4 is 11.9 Å². The van der Waals surface area contributed by atoms with Crippen molar-refractivity contribution < 1.29 is 4.79 Å². The Morgan fingerprint density at radius 3 is 2.14 bits per heavy atom. The standard InChI is InChI=1S/C13H10O/c14-13-8-6-12(7-9-13)10-11-4-2-1-3-5-11/h1-10H. The molecule has 1 aromatic carbocycles. The molecule has 1 aromatic rings. The molecule has 0 amide bonds. The monoisotopic (exact) mass is 182 g/mol. The molecule has 0 saturated heterocycles. The van der Waals surface area contributed by atoms with Crippen LogP contribution < -0.4 is 0 Å². The van der Waals surface area contributed by atoms with Gasteiger partial charge in [0.05, 0.1) is 0 Å². The molecule has 1 aliphatic carbocycles. The van der Waals surface area contributed by atoms with Crippen LogP contribution in [0, 0.1) is 0 Å². The second-order valence-electron chi connectivity index (χ2n) is 3.12. The number of carbonyl (C=O) groups excluding carboxylic acids is 1. The zero-order chi connectivity index (χ0) is 9.80. The summed E-state index contributed by atoms with van der Waals surface area (Å²) in [6, 6.07) is 10.0. The van der Waals surface area contributed by atoms with E-state index in [0.29, 0.717) is 0 Å². The Hall–Kier alpha value is -1.89. The molecule has 0 radical (unpaired) electrons. The van der Waals surface area contributed by atoms with E-state index in [2.05, 4.69) is 0 Å². The van der Waals surface area contributed by atoms with E-state index in [0.717, 1.165) is 11.1 Å². The van der Waals surface area contributed by atoms with E-state index in [4.69, 9.17) is 0 Å². The van der Waals surface area contributed by atoms with Crippen molar-refractivity contribution in [1.29, 1.82) is 0 Å². The second kappa shape index (κ2) is 3.88. The summed E-state index contributed by atoms with van der Waals surface area (Å²) in [5.41, 5.74) is 2.20. The highest BCUT2D eigenvalue weighted by molar-refractivity contribution is 6.01. The summed E-state index contributed by atoms with van der Waals surface area (Å²) in [4.78, 5) is 10.9. The topological polar surface area (TPSA) is 17.1 Å². The minimum absolute atomic E-state index is 0.0511. The Bertz CT molecular complexity index is 404. The molecule has 0 unspecified atom stereocenters. The maximum absolute atomic E-state index is 10.9. The van der Waals surface area contributed by atoms with E-state index < -0.39 is 0 Å². The summed E-state index contributed by atoms with van der Waals surface area (Å²) in [5.74, 6) is 0.0511. The van der Waals surface area contributed by atoms with Gasteiger partial charge in [0.25, 0.3) is 0 Å². The molecule has 0 spiro atoms. The lowest BCUT2D eigenvalue weighted by Gasteiger charge is -1.99. The van der Waals surface area contributed by atoms with Crippen LogP contribution in [-0.2, 0) is 4.79 Å². The molecule has 14 heavy (non-hydrogen) atoms. The fourth-order valence-electron chi connectivity index (χ4n) is 1.31. The van der Waals surface area contributed by atoms with Crippen LogP contribution in [0.1, 0.15) is 5.56 Å². The minimum Gasteiger partial charge on any atom is -0.290 e. The van der Waals surface area contributed by atoms with Crippen LogP contribution >= 0.6 is 0 Å². The normalized spacial score (nSPS) is 14.6. The van der Waals surface area contributed by atoms with Gasteiger partial charge in [-0.1, -0.05) is 42.5 Å². The molecule has 1 nitrogen and oxygen atoms in total. The highest BCUT2D eigenvalue weighted by atomic mass is 16.1. The molecule has 1 aliphatic rings. The molecule has 0 aromatic heterocycles. The van der Waals surface area contributed by atoms with Crippen molar-refractivity contribution in [3.8, 4) is 0 Å². The van der Waals surface area contributed by atoms with Crippen molar-refractivity contribution in [3.05, 3.63) is 65.8 Å². The van der Waals surface area contributed by atoms with Gasteiger partial charge in [0.1, 0.15) is 0 Å². The average molecular weight is 182 g/mol. The molecule has 0 N–H and O–H groups in total. The predicted molar refractivity (Wildman–Crippen MR) is 57.7 cm³/mol. The van der Waals surface area contributed by atoms with Gasteiger partial charge in [0, 0.05) is 0 Å². The SMILES string of the molecule is O=C1C=CC(=Cc2ccccc2)C=C1. The van der Waals surface area contributed by atoms with Gasteiger partial charge in [-0.05, 0) is 29.4 Å². The van der Waals surface area contributed by atoms with Gasteiger partial charge in [-0.2, -0.15) is 0 Å². The summed E-state index contributed by atoms with van der Waals surface area (Å²) >= 11 is 0. The molecule has 0 fully saturated rings. The summed E-state index contributed by atoms with van der Waals surface area (Å²) in [5, 5.41) is 0. The lowest BCUT2D eigenvalue weighted by Crippen LogP contribution is -1.90. The first kappa shape index (κ1) is 8.70. The van der Waals surface area contributed by atoms with Crippen molar-refractivity contribution in [3.63, 3.8) is 0 Å². The van der Waals surface area contributed by atoms with Crippen LogP contribution in [0.25, 0.3) is 6.08 Å². The third kappa shape index (κ3) is 2.07. The van der Waals surface area contributed by atoms with Crippen LogP contribution in [-0.4, -0.2) is 5.78 Å². The molecule has 0 saturated carbocycles. The van der Waals surface area contributed by atoms with Gasteiger partial charge in [0.2, 0.25) is 0 Å². The van der Waals surface area contributed by atoms with Crippen LogP contribution in [0.4, 0.5) is 0 Å². The summed E-state index contributed by atoms with van der Waals surface area (Å²) in [6.07, 6.45) is 8.85. The van der Waals surface area contributed by atoms with E-state index in [1.807, 2.05) is 48.6 Å². The summed E-state index contributed by atoms with van der Waals surface area (Å²) < 4.78 is 0. The van der Waals surface area contributed by atoms with E-state index in [1.165, 1.54) is 0 Å². The third-order valence-corrected chi connectivity index (χ3v) is 2.01. The molecule has 0 heterocycles. The fraction of sp³-hybridized carbons (Fsp3) is 0. The van der Waals surface area contributed by atoms with Crippen molar-refractivity contribution in [1.82, 2.24) is 0 Å². The highest BCUT2D eigenvalue weighted by Crippen LogP contribution is 2.11. The lowest BCUT2D eigenvalue weighted by atomic mass is 10.1. The van der Waals surface area contributed by atoms with E-state index in [-0.39, 0.29) is 5.78 Å². The van der Waals surface area contributed by atoms with Gasteiger partial charge >= 0.3 is 0 Å². The van der Waals surface area contributed by atoms with Crippen LogP contribution in [0.15, 0.2) is 60.2 Å². The first-order chi connectivity index (χ1) is 6.84. The van der Waals surface area contributed by atoms with Crippen molar-refractivity contribution in [2.75, 3.05) is 0 Å². The largest absolute Gasteiger partial charge is 0.290 e. The number of ketones is 1. The Morgan fingerprint density at radius 1 is 0.857 bits per heavy atom. The van der Waals surface area contributed by atoms with Gasteiger partial charge in [0.15, 0.2) is 5.78 Å². The number of rotatable bonds is 1. The molecule has 0 bridgehead atoms. The quantitative estimate of drug-likeness (QED) is 0.652. The van der Waals surface area contributed by atoms with E-state index in [1.54, 1.807) is 12.2 Å². The van der Waals surface area contributed by atoms with Gasteiger partial charge in [-0.15, -0.1) is 0 Å². The summed E-state index contributed by atoms with van der Waals surface area (Å²) in [6.45, 7) is 0. The van der Waals surface area contributed by atoms with Crippen LogP contribution in [0.5, 0.6) is 0 Å². The number of hydrogen-bond donors (Lipinski definition) is 0. The molecule has 1 heteroatoms. The molecule has 0 atom stereocenters. The fourth-order valence-corrected chi connectivity index (χ4v) is 1.31. The second-order valence-corrected chi connectivity index (χ2v) is 3.12. The number of benzene rings is 1. The molecular formula is C13H10O. The van der Waals surface area contributed by atoms with Crippen molar-refractivity contribution in [2.45, 2.75) is 0 Å². The maximum atomic E-state index is 10.9. The van der Waals surface area contributed by atoms with Gasteiger partial charge in [-0.25, -0.2) is 0 Å². The first-order valence-corrected chi connectivity index (χ1v) is 4.51. The van der Waals surface area contributed by atoms with Crippen LogP contribution in [0.2, 0.25) is 0 Å². The first-order valence-electron chi connectivity index (χ1n) is 4.51. The Kier molecular flexibility index (Phi) is 2.41. The smallest absolute Gasteiger partial charge is 0.178 e. The number of allylic oxidation sites excluding steroid dienone is 5. The predicted octanol–water partition coefficient (Wildman–Crippen LogP) is 2.77. The Morgan fingerprint density at radius 2 is 1.50 bits per heavy atom. The zero-order valence-corrected chi connectivity index (χ0v) is 7.68. The van der Waals surface area contributed by atoms with Gasteiger partial charge < -0.3 is 0 Å². The minimum atomic E-state index is 0.0511. The zero-order valence-electron chi connectivity index (χ0n) is 7.68. The molecule has 68 valence electrons. The lowest BCUT2D eigenvalue weighted by molar-refractivity contribution is -0.110. The molecule has 2 rings (SSSR count). The average Bonchev–Trinajstić information content (AvgIpc) is 2.23. The third-order valence-electron chi connectivity index (χ3n) is 2.01. The van der Waals surface area contributed by atoms with Crippen LogP contribution in [0.3, 0.4) is 0 Å². The van der Waals surface area contributed by atoms with Gasteiger partial charge in [-0.3, -0.25) is 4.79 Å². The maximum Gasteiger partial charge on any atom is 0.178 e. The Labute approximate surface area is 83.1 Å². The number of hydrogen-bond acceptors (Lipinski definition) is 1. The molecule has 0 aliphatic heterocycles.